The number of anilines is 2. The lowest BCUT2D eigenvalue weighted by Crippen LogP contribution is -2.39. The summed E-state index contributed by atoms with van der Waals surface area (Å²) in [5.74, 6) is 6.39. The first kappa shape index (κ1) is 13.8. The van der Waals surface area contributed by atoms with Gasteiger partial charge in [0, 0.05) is 12.6 Å². The van der Waals surface area contributed by atoms with Crippen molar-refractivity contribution < 1.29 is 4.74 Å². The van der Waals surface area contributed by atoms with Crippen molar-refractivity contribution in [1.29, 1.82) is 0 Å². The summed E-state index contributed by atoms with van der Waals surface area (Å²) in [6.45, 7) is 5.77. The van der Waals surface area contributed by atoms with E-state index in [9.17, 15) is 0 Å². The number of nitrogen functional groups attached to an aromatic ring is 1. The van der Waals surface area contributed by atoms with Crippen molar-refractivity contribution in [3.63, 3.8) is 0 Å². The smallest absolute Gasteiger partial charge is 0.323 e. The van der Waals surface area contributed by atoms with Gasteiger partial charge in [0.1, 0.15) is 0 Å². The number of nitrogens with one attached hydrogen (secondary N) is 1. The Morgan fingerprint density at radius 3 is 2.89 bits per heavy atom. The summed E-state index contributed by atoms with van der Waals surface area (Å²) < 4.78 is 5.48. The highest BCUT2D eigenvalue weighted by Crippen LogP contribution is 2.23. The molecule has 1 aromatic heterocycles. The van der Waals surface area contributed by atoms with Crippen LogP contribution in [0.25, 0.3) is 0 Å². The normalized spacial score (nSPS) is 19.3. The molecule has 1 aromatic rings. The van der Waals surface area contributed by atoms with Crippen LogP contribution in [0.1, 0.15) is 39.5 Å². The van der Waals surface area contributed by atoms with Gasteiger partial charge in [-0.25, -0.2) is 5.84 Å². The van der Waals surface area contributed by atoms with Crippen molar-refractivity contribution in [2.45, 2.75) is 45.6 Å². The van der Waals surface area contributed by atoms with Gasteiger partial charge in [0.2, 0.25) is 11.9 Å². The third-order valence-corrected chi connectivity index (χ3v) is 3.23. The fourth-order valence-electron chi connectivity index (χ4n) is 2.19. The number of ether oxygens (including phenoxy) is 1. The number of hydrazine groups is 1. The highest BCUT2D eigenvalue weighted by Gasteiger charge is 2.22. The van der Waals surface area contributed by atoms with Gasteiger partial charge in [-0.2, -0.15) is 15.0 Å². The molecule has 0 amide bonds. The molecular formula is C12H22N6O. The van der Waals surface area contributed by atoms with Crippen LogP contribution >= 0.6 is 0 Å². The quantitative estimate of drug-likeness (QED) is 0.613. The monoisotopic (exact) mass is 266 g/mol. The molecule has 19 heavy (non-hydrogen) atoms. The Labute approximate surface area is 113 Å². The Bertz CT molecular complexity index is 413. The topological polar surface area (TPSA) is 89.2 Å². The van der Waals surface area contributed by atoms with Crippen molar-refractivity contribution in [3.05, 3.63) is 0 Å². The molecule has 1 aliphatic rings. The minimum atomic E-state index is 0.331. The van der Waals surface area contributed by atoms with Gasteiger partial charge >= 0.3 is 6.01 Å². The first-order valence-electron chi connectivity index (χ1n) is 6.86. The molecule has 1 saturated heterocycles. The van der Waals surface area contributed by atoms with Gasteiger partial charge in [-0.3, -0.25) is 5.43 Å². The number of nitrogens with zero attached hydrogens (tertiary/aromatic N) is 4. The molecule has 1 unspecified atom stereocenters. The summed E-state index contributed by atoms with van der Waals surface area (Å²) in [7, 11) is 0. The Kier molecular flexibility index (Phi) is 4.73. The Balaban J connectivity index is 2.22. The zero-order chi connectivity index (χ0) is 13.7. The highest BCUT2D eigenvalue weighted by molar-refractivity contribution is 5.39. The molecule has 0 radical (unpaired) electrons. The summed E-state index contributed by atoms with van der Waals surface area (Å²) >= 11 is 0. The van der Waals surface area contributed by atoms with Crippen LogP contribution in [0.4, 0.5) is 11.9 Å². The van der Waals surface area contributed by atoms with Crippen LogP contribution in [0.15, 0.2) is 0 Å². The third kappa shape index (κ3) is 3.44. The van der Waals surface area contributed by atoms with Gasteiger partial charge in [-0.05, 0) is 32.6 Å². The minimum Gasteiger partial charge on any atom is -0.463 e. The second-order valence-corrected chi connectivity index (χ2v) is 4.77. The lowest BCUT2D eigenvalue weighted by atomic mass is 10.0. The maximum Gasteiger partial charge on any atom is 0.323 e. The molecule has 106 valence electrons. The molecule has 7 nitrogen and oxygen atoms in total. The number of hydrogen-bond donors (Lipinski definition) is 2. The number of hydrogen-bond acceptors (Lipinski definition) is 7. The Morgan fingerprint density at radius 2 is 2.21 bits per heavy atom. The Hall–Kier alpha value is -1.63. The van der Waals surface area contributed by atoms with E-state index in [0.717, 1.165) is 25.8 Å². The Morgan fingerprint density at radius 1 is 1.37 bits per heavy atom. The van der Waals surface area contributed by atoms with Crippen LogP contribution in [0.5, 0.6) is 6.01 Å². The summed E-state index contributed by atoms with van der Waals surface area (Å²) in [6, 6.07) is 0.762. The molecular weight excluding hydrogens is 244 g/mol. The molecule has 0 aliphatic carbocycles. The van der Waals surface area contributed by atoms with Crippen LogP contribution in [0.3, 0.4) is 0 Å². The van der Waals surface area contributed by atoms with E-state index in [2.05, 4.69) is 32.2 Å². The average molecular weight is 266 g/mol. The predicted octanol–water partition coefficient (Wildman–Crippen LogP) is 1.32. The molecule has 0 bridgehead atoms. The molecule has 1 fully saturated rings. The van der Waals surface area contributed by atoms with Gasteiger partial charge < -0.3 is 9.64 Å². The largest absolute Gasteiger partial charge is 0.463 e. The van der Waals surface area contributed by atoms with E-state index in [4.69, 9.17) is 10.6 Å². The molecule has 0 saturated carbocycles. The maximum absolute atomic E-state index is 5.48. The number of piperidine rings is 1. The summed E-state index contributed by atoms with van der Waals surface area (Å²) in [4.78, 5) is 15.0. The van der Waals surface area contributed by atoms with Gasteiger partial charge in [0.05, 0.1) is 6.61 Å². The van der Waals surface area contributed by atoms with E-state index in [1.54, 1.807) is 0 Å². The number of aromatic nitrogens is 3. The molecule has 0 aromatic carbocycles. The van der Waals surface area contributed by atoms with Crippen molar-refractivity contribution >= 4 is 11.9 Å². The van der Waals surface area contributed by atoms with Gasteiger partial charge in [-0.1, -0.05) is 6.92 Å². The van der Waals surface area contributed by atoms with Crippen LogP contribution in [-0.2, 0) is 0 Å². The van der Waals surface area contributed by atoms with Gasteiger partial charge in [0.25, 0.3) is 0 Å². The minimum absolute atomic E-state index is 0.331. The maximum atomic E-state index is 5.48. The van der Waals surface area contributed by atoms with Crippen molar-refractivity contribution in [2.24, 2.45) is 5.84 Å². The molecule has 0 spiro atoms. The van der Waals surface area contributed by atoms with Gasteiger partial charge in [0.15, 0.2) is 0 Å². The average Bonchev–Trinajstić information content (AvgIpc) is 2.45. The van der Waals surface area contributed by atoms with Crippen molar-refractivity contribution in [1.82, 2.24) is 15.0 Å². The first-order valence-corrected chi connectivity index (χ1v) is 6.86. The summed E-state index contributed by atoms with van der Waals surface area (Å²) in [6.07, 6.45) is 4.48. The van der Waals surface area contributed by atoms with Crippen LogP contribution in [0, 0.1) is 0 Å². The fourth-order valence-corrected chi connectivity index (χ4v) is 2.19. The molecule has 2 heterocycles. The van der Waals surface area contributed by atoms with Crippen LogP contribution in [-0.4, -0.2) is 34.1 Å². The van der Waals surface area contributed by atoms with Crippen LogP contribution in [0.2, 0.25) is 0 Å². The molecule has 7 heteroatoms. The molecule has 3 N–H and O–H groups in total. The second-order valence-electron chi connectivity index (χ2n) is 4.77. The van der Waals surface area contributed by atoms with Crippen LogP contribution < -0.4 is 20.9 Å². The van der Waals surface area contributed by atoms with Crippen molar-refractivity contribution in [3.8, 4) is 6.01 Å². The predicted molar refractivity (Wildman–Crippen MR) is 74.1 cm³/mol. The lowest BCUT2D eigenvalue weighted by Gasteiger charge is -2.33. The van der Waals surface area contributed by atoms with E-state index < -0.39 is 0 Å². The number of rotatable bonds is 5. The SMILES string of the molecule is CCCOc1nc(NN)nc(N2CCCCC2C)n1. The molecule has 1 aliphatic heterocycles. The third-order valence-electron chi connectivity index (χ3n) is 3.23. The fraction of sp³-hybridized carbons (Fsp3) is 0.750. The van der Waals surface area contributed by atoms with E-state index >= 15 is 0 Å². The van der Waals surface area contributed by atoms with E-state index in [0.29, 0.717) is 30.6 Å². The van der Waals surface area contributed by atoms with Crippen molar-refractivity contribution in [2.75, 3.05) is 23.5 Å². The van der Waals surface area contributed by atoms with E-state index in [-0.39, 0.29) is 0 Å². The zero-order valence-corrected chi connectivity index (χ0v) is 11.6. The first-order chi connectivity index (χ1) is 9.24. The summed E-state index contributed by atoms with van der Waals surface area (Å²) in [5.41, 5.74) is 2.47. The van der Waals surface area contributed by atoms with E-state index in [1.807, 2.05) is 6.92 Å². The standard InChI is InChI=1S/C12H22N6O/c1-3-8-19-12-15-10(17-13)14-11(16-12)18-7-5-4-6-9(18)2/h9H,3-8,13H2,1-2H3,(H,14,15,16,17). The molecule has 1 atom stereocenters. The van der Waals surface area contributed by atoms with E-state index in [1.165, 1.54) is 6.42 Å². The zero-order valence-electron chi connectivity index (χ0n) is 11.6. The lowest BCUT2D eigenvalue weighted by molar-refractivity contribution is 0.291. The summed E-state index contributed by atoms with van der Waals surface area (Å²) in [5, 5.41) is 0. The second kappa shape index (κ2) is 6.51. The number of nitrogens with two attached hydrogens (primary N) is 1. The molecule has 2 rings (SSSR count). The highest BCUT2D eigenvalue weighted by atomic mass is 16.5. The van der Waals surface area contributed by atoms with Gasteiger partial charge in [-0.15, -0.1) is 0 Å².